The minimum atomic E-state index is 0.351. The Labute approximate surface area is 115 Å². The highest BCUT2D eigenvalue weighted by Gasteiger charge is 2.19. The molecule has 0 radical (unpaired) electrons. The molecule has 1 saturated heterocycles. The van der Waals surface area contributed by atoms with Gasteiger partial charge in [-0.15, -0.1) is 0 Å². The molecule has 0 saturated carbocycles. The zero-order valence-corrected chi connectivity index (χ0v) is 11.9. The highest BCUT2D eigenvalue weighted by Crippen LogP contribution is 2.25. The number of benzene rings is 1. The fourth-order valence-corrected chi connectivity index (χ4v) is 2.44. The molecule has 1 aliphatic heterocycles. The minimum Gasteiger partial charge on any atom is -0.497 e. The first-order chi connectivity index (χ1) is 9.22. The van der Waals surface area contributed by atoms with Crippen LogP contribution in [0.25, 0.3) is 0 Å². The predicted octanol–water partition coefficient (Wildman–Crippen LogP) is 2.36. The quantitative estimate of drug-likeness (QED) is 0.887. The van der Waals surface area contributed by atoms with Crippen molar-refractivity contribution in [1.82, 2.24) is 5.32 Å². The number of methoxy groups -OCH3 is 2. The van der Waals surface area contributed by atoms with Gasteiger partial charge in [0.05, 0.1) is 20.3 Å². The van der Waals surface area contributed by atoms with Crippen molar-refractivity contribution in [3.63, 3.8) is 0 Å². The zero-order chi connectivity index (χ0) is 13.7. The van der Waals surface area contributed by atoms with Crippen molar-refractivity contribution in [2.24, 2.45) is 0 Å². The fourth-order valence-electron chi connectivity index (χ4n) is 2.44. The Kier molecular flexibility index (Phi) is 5.05. The highest BCUT2D eigenvalue weighted by atomic mass is 16.5. The van der Waals surface area contributed by atoms with Crippen LogP contribution in [-0.2, 0) is 11.3 Å². The second-order valence-corrected chi connectivity index (χ2v) is 4.96. The molecular formula is C15H23NO3. The molecule has 0 aromatic heterocycles. The average molecular weight is 265 g/mol. The largest absolute Gasteiger partial charge is 0.497 e. The van der Waals surface area contributed by atoms with Crippen molar-refractivity contribution in [1.29, 1.82) is 0 Å². The normalized spacial score (nSPS) is 23.1. The average Bonchev–Trinajstić information content (AvgIpc) is 2.45. The third-order valence-electron chi connectivity index (χ3n) is 3.56. The van der Waals surface area contributed by atoms with E-state index >= 15 is 0 Å². The van der Waals surface area contributed by atoms with Crippen molar-refractivity contribution in [2.45, 2.75) is 38.5 Å². The summed E-state index contributed by atoms with van der Waals surface area (Å²) in [5.74, 6) is 1.69. The van der Waals surface area contributed by atoms with E-state index in [-0.39, 0.29) is 0 Å². The summed E-state index contributed by atoms with van der Waals surface area (Å²) in [5, 5.41) is 3.58. The van der Waals surface area contributed by atoms with Crippen molar-refractivity contribution in [3.05, 3.63) is 23.8 Å². The Balaban J connectivity index is 1.95. The Morgan fingerprint density at radius 3 is 2.84 bits per heavy atom. The Morgan fingerprint density at radius 2 is 2.16 bits per heavy atom. The van der Waals surface area contributed by atoms with Gasteiger partial charge >= 0.3 is 0 Å². The third-order valence-corrected chi connectivity index (χ3v) is 3.56. The summed E-state index contributed by atoms with van der Waals surface area (Å²) in [6.07, 6.45) is 2.49. The fraction of sp³-hybridized carbons (Fsp3) is 0.600. The molecule has 1 fully saturated rings. The summed E-state index contributed by atoms with van der Waals surface area (Å²) < 4.78 is 16.2. The van der Waals surface area contributed by atoms with Crippen LogP contribution in [0.4, 0.5) is 0 Å². The SMILES string of the molecule is COc1ccc(CNC2CCO[C@H](C)C2)c(OC)c1. The van der Waals surface area contributed by atoms with Gasteiger partial charge in [0.2, 0.25) is 0 Å². The van der Waals surface area contributed by atoms with Crippen LogP contribution in [0.1, 0.15) is 25.3 Å². The van der Waals surface area contributed by atoms with Crippen molar-refractivity contribution >= 4 is 0 Å². The highest BCUT2D eigenvalue weighted by molar-refractivity contribution is 5.40. The van der Waals surface area contributed by atoms with Gasteiger partial charge in [0.15, 0.2) is 0 Å². The third kappa shape index (κ3) is 3.85. The molecule has 1 aliphatic rings. The van der Waals surface area contributed by atoms with E-state index in [2.05, 4.69) is 12.2 Å². The molecule has 4 heteroatoms. The number of hydrogen-bond donors (Lipinski definition) is 1. The van der Waals surface area contributed by atoms with Crippen LogP contribution in [0, 0.1) is 0 Å². The van der Waals surface area contributed by atoms with Crippen LogP contribution in [-0.4, -0.2) is 33.0 Å². The summed E-state index contributed by atoms with van der Waals surface area (Å²) in [7, 11) is 3.35. The molecule has 2 atom stereocenters. The molecule has 1 aromatic rings. The van der Waals surface area contributed by atoms with Crippen molar-refractivity contribution in [2.75, 3.05) is 20.8 Å². The van der Waals surface area contributed by atoms with Crippen molar-refractivity contribution in [3.8, 4) is 11.5 Å². The maximum absolute atomic E-state index is 5.55. The van der Waals surface area contributed by atoms with Gasteiger partial charge in [0.1, 0.15) is 11.5 Å². The van der Waals surface area contributed by atoms with Gasteiger partial charge in [-0.1, -0.05) is 6.07 Å². The summed E-state index contributed by atoms with van der Waals surface area (Å²) >= 11 is 0. The van der Waals surface area contributed by atoms with E-state index in [4.69, 9.17) is 14.2 Å². The van der Waals surface area contributed by atoms with Crippen LogP contribution in [0.3, 0.4) is 0 Å². The van der Waals surface area contributed by atoms with Crippen LogP contribution in [0.5, 0.6) is 11.5 Å². The summed E-state index contributed by atoms with van der Waals surface area (Å²) in [6, 6.07) is 6.46. The van der Waals surface area contributed by atoms with Gasteiger partial charge in [-0.2, -0.15) is 0 Å². The monoisotopic (exact) mass is 265 g/mol. The lowest BCUT2D eigenvalue weighted by atomic mass is 10.0. The summed E-state index contributed by atoms with van der Waals surface area (Å²) in [6.45, 7) is 3.78. The number of nitrogens with one attached hydrogen (secondary N) is 1. The van der Waals surface area contributed by atoms with Crippen LogP contribution >= 0.6 is 0 Å². The first-order valence-electron chi connectivity index (χ1n) is 6.79. The number of rotatable bonds is 5. The second-order valence-electron chi connectivity index (χ2n) is 4.96. The predicted molar refractivity (Wildman–Crippen MR) is 74.8 cm³/mol. The van der Waals surface area contributed by atoms with Gasteiger partial charge in [0, 0.05) is 30.8 Å². The molecule has 0 bridgehead atoms. The van der Waals surface area contributed by atoms with Gasteiger partial charge in [0.25, 0.3) is 0 Å². The molecule has 4 nitrogen and oxygen atoms in total. The molecule has 1 heterocycles. The topological polar surface area (TPSA) is 39.7 Å². The van der Waals surface area contributed by atoms with Crippen LogP contribution < -0.4 is 14.8 Å². The molecule has 19 heavy (non-hydrogen) atoms. The molecular weight excluding hydrogens is 242 g/mol. The second kappa shape index (κ2) is 6.78. The molecule has 1 unspecified atom stereocenters. The molecule has 2 rings (SSSR count). The zero-order valence-electron chi connectivity index (χ0n) is 11.9. The summed E-state index contributed by atoms with van der Waals surface area (Å²) in [5.41, 5.74) is 1.16. The number of ether oxygens (including phenoxy) is 3. The first-order valence-corrected chi connectivity index (χ1v) is 6.79. The van der Waals surface area contributed by atoms with Gasteiger partial charge in [-0.25, -0.2) is 0 Å². The van der Waals surface area contributed by atoms with Crippen LogP contribution in [0.15, 0.2) is 18.2 Å². The van der Waals surface area contributed by atoms with Crippen molar-refractivity contribution < 1.29 is 14.2 Å². The lowest BCUT2D eigenvalue weighted by Crippen LogP contribution is -2.37. The molecule has 0 amide bonds. The molecule has 1 N–H and O–H groups in total. The van der Waals surface area contributed by atoms with E-state index in [0.29, 0.717) is 12.1 Å². The molecule has 0 spiro atoms. The smallest absolute Gasteiger partial charge is 0.127 e. The van der Waals surface area contributed by atoms with Gasteiger partial charge in [-0.3, -0.25) is 0 Å². The molecule has 0 aliphatic carbocycles. The van der Waals surface area contributed by atoms with E-state index in [1.54, 1.807) is 14.2 Å². The number of hydrogen-bond acceptors (Lipinski definition) is 4. The minimum absolute atomic E-state index is 0.351. The Hall–Kier alpha value is -1.26. The lowest BCUT2D eigenvalue weighted by molar-refractivity contribution is 0.0130. The molecule has 1 aromatic carbocycles. The van der Waals surface area contributed by atoms with E-state index in [9.17, 15) is 0 Å². The van der Waals surface area contributed by atoms with Gasteiger partial charge < -0.3 is 19.5 Å². The first kappa shape index (κ1) is 14.2. The molecule has 106 valence electrons. The van der Waals surface area contributed by atoms with E-state index in [0.717, 1.165) is 43.1 Å². The van der Waals surface area contributed by atoms with Gasteiger partial charge in [-0.05, 0) is 25.8 Å². The van der Waals surface area contributed by atoms with E-state index < -0.39 is 0 Å². The maximum Gasteiger partial charge on any atom is 0.127 e. The van der Waals surface area contributed by atoms with E-state index in [1.165, 1.54) is 0 Å². The summed E-state index contributed by atoms with van der Waals surface area (Å²) in [4.78, 5) is 0. The maximum atomic E-state index is 5.55. The Bertz CT molecular complexity index is 408. The van der Waals surface area contributed by atoms with Crippen LogP contribution in [0.2, 0.25) is 0 Å². The Morgan fingerprint density at radius 1 is 1.32 bits per heavy atom. The standard InChI is InChI=1S/C15H23NO3/c1-11-8-13(6-7-19-11)16-10-12-4-5-14(17-2)9-15(12)18-3/h4-5,9,11,13,16H,6-8,10H2,1-3H3/t11-,13?/m1/s1. The van der Waals surface area contributed by atoms with E-state index in [1.807, 2.05) is 18.2 Å². The lowest BCUT2D eigenvalue weighted by Gasteiger charge is -2.28.